The van der Waals surface area contributed by atoms with Crippen LogP contribution in [0.2, 0.25) is 0 Å². The fourth-order valence-corrected chi connectivity index (χ4v) is 3.05. The topological polar surface area (TPSA) is 97.3 Å². The van der Waals surface area contributed by atoms with E-state index in [9.17, 15) is 10.1 Å². The molecule has 0 bridgehead atoms. The number of nitrogens with two attached hydrogens (primary N) is 1. The Kier molecular flexibility index (Phi) is 4.62. The van der Waals surface area contributed by atoms with Crippen molar-refractivity contribution in [2.24, 2.45) is 11.3 Å². The number of nitrogen functional groups attached to an aromatic ring is 1. The molecule has 1 aliphatic heterocycles. The first-order chi connectivity index (χ1) is 10.0. The number of hydrogen-bond donors (Lipinski definition) is 2. The molecule has 0 atom stereocenters. The number of anilines is 2. The second-order valence-electron chi connectivity index (χ2n) is 5.63. The molecule has 1 saturated heterocycles. The van der Waals surface area contributed by atoms with Crippen molar-refractivity contribution >= 4 is 17.3 Å². The van der Waals surface area contributed by atoms with Gasteiger partial charge in [-0.25, -0.2) is 10.8 Å². The summed E-state index contributed by atoms with van der Waals surface area (Å²) in [6.07, 6.45) is 4.38. The molecule has 1 aromatic heterocycles. The maximum atomic E-state index is 11.2. The first-order valence-electron chi connectivity index (χ1n) is 7.42. The van der Waals surface area contributed by atoms with Gasteiger partial charge in [-0.15, -0.1) is 0 Å². The van der Waals surface area contributed by atoms with Crippen molar-refractivity contribution in [3.63, 3.8) is 0 Å². The van der Waals surface area contributed by atoms with E-state index in [-0.39, 0.29) is 10.6 Å². The summed E-state index contributed by atoms with van der Waals surface area (Å²) in [5.41, 5.74) is 2.86. The smallest absolute Gasteiger partial charge is 0.311 e. The van der Waals surface area contributed by atoms with Crippen LogP contribution < -0.4 is 16.2 Å². The number of pyridine rings is 1. The molecular formula is C14H23N5O2. The minimum atomic E-state index is -0.385. The number of hydrogen-bond acceptors (Lipinski definition) is 6. The van der Waals surface area contributed by atoms with Crippen molar-refractivity contribution in [2.75, 3.05) is 23.4 Å². The van der Waals surface area contributed by atoms with E-state index in [2.05, 4.69) is 24.3 Å². The van der Waals surface area contributed by atoms with Crippen molar-refractivity contribution in [1.82, 2.24) is 4.98 Å². The van der Waals surface area contributed by atoms with Crippen LogP contribution in [-0.4, -0.2) is 23.0 Å². The molecule has 0 amide bonds. The highest BCUT2D eigenvalue weighted by molar-refractivity contribution is 5.61. The Labute approximate surface area is 124 Å². The summed E-state index contributed by atoms with van der Waals surface area (Å²) in [6.45, 7) is 6.03. The number of nitrogens with zero attached hydrogens (tertiary/aromatic N) is 3. The van der Waals surface area contributed by atoms with Gasteiger partial charge in [0.15, 0.2) is 0 Å². The van der Waals surface area contributed by atoms with Gasteiger partial charge in [-0.2, -0.15) is 0 Å². The van der Waals surface area contributed by atoms with E-state index >= 15 is 0 Å². The SMILES string of the molecule is CCC1(CC)CCN(c2nc(NN)ccc2[N+](=O)[O-])CC1. The standard InChI is InChI=1S/C14H23N5O2/c1-3-14(4-2)7-9-18(10-8-14)13-11(19(20)21)5-6-12(16-13)17-15/h5-6H,3-4,7-10,15H2,1-2H3,(H,16,17). The van der Waals surface area contributed by atoms with Gasteiger partial charge >= 0.3 is 5.69 Å². The van der Waals surface area contributed by atoms with E-state index in [1.54, 1.807) is 0 Å². The Hall–Kier alpha value is -1.89. The van der Waals surface area contributed by atoms with Gasteiger partial charge < -0.3 is 10.3 Å². The maximum absolute atomic E-state index is 11.2. The van der Waals surface area contributed by atoms with Crippen molar-refractivity contribution in [3.05, 3.63) is 22.2 Å². The molecule has 0 aromatic carbocycles. The lowest BCUT2D eigenvalue weighted by molar-refractivity contribution is -0.384. The van der Waals surface area contributed by atoms with Crippen LogP contribution in [0.1, 0.15) is 39.5 Å². The van der Waals surface area contributed by atoms with Crippen LogP contribution in [0.15, 0.2) is 12.1 Å². The van der Waals surface area contributed by atoms with Crippen LogP contribution in [0.5, 0.6) is 0 Å². The number of aromatic nitrogens is 1. The van der Waals surface area contributed by atoms with E-state index in [0.29, 0.717) is 17.1 Å². The third-order valence-electron chi connectivity index (χ3n) is 4.82. The molecule has 3 N–H and O–H groups in total. The summed E-state index contributed by atoms with van der Waals surface area (Å²) in [7, 11) is 0. The minimum absolute atomic E-state index is 0.0366. The molecular weight excluding hydrogens is 270 g/mol. The van der Waals surface area contributed by atoms with Crippen LogP contribution in [0, 0.1) is 15.5 Å². The number of hydrazine groups is 1. The lowest BCUT2D eigenvalue weighted by atomic mass is 9.74. The summed E-state index contributed by atoms with van der Waals surface area (Å²) < 4.78 is 0. The average molecular weight is 293 g/mol. The lowest BCUT2D eigenvalue weighted by Gasteiger charge is -2.41. The second-order valence-corrected chi connectivity index (χ2v) is 5.63. The van der Waals surface area contributed by atoms with Crippen LogP contribution in [0.4, 0.5) is 17.3 Å². The Morgan fingerprint density at radius 2 is 2.00 bits per heavy atom. The highest BCUT2D eigenvalue weighted by Crippen LogP contribution is 2.40. The van der Waals surface area contributed by atoms with Crippen LogP contribution >= 0.6 is 0 Å². The number of nitro groups is 1. The normalized spacial score (nSPS) is 17.6. The molecule has 2 rings (SSSR count). The van der Waals surface area contributed by atoms with Gasteiger partial charge in [0.1, 0.15) is 5.82 Å². The fraction of sp³-hybridized carbons (Fsp3) is 0.643. The Morgan fingerprint density at radius 3 is 2.48 bits per heavy atom. The van der Waals surface area contributed by atoms with Gasteiger partial charge in [0.25, 0.3) is 0 Å². The molecule has 1 fully saturated rings. The summed E-state index contributed by atoms with van der Waals surface area (Å²) in [6, 6.07) is 2.98. The highest BCUT2D eigenvalue weighted by Gasteiger charge is 2.33. The van der Waals surface area contributed by atoms with Crippen molar-refractivity contribution in [1.29, 1.82) is 0 Å². The molecule has 1 aliphatic rings. The molecule has 7 heteroatoms. The van der Waals surface area contributed by atoms with Crippen LogP contribution in [0.25, 0.3) is 0 Å². The Morgan fingerprint density at radius 1 is 1.38 bits per heavy atom. The van der Waals surface area contributed by atoms with Crippen molar-refractivity contribution in [3.8, 4) is 0 Å². The van der Waals surface area contributed by atoms with Crippen LogP contribution in [-0.2, 0) is 0 Å². The van der Waals surface area contributed by atoms with E-state index in [0.717, 1.165) is 38.8 Å². The summed E-state index contributed by atoms with van der Waals surface area (Å²) >= 11 is 0. The van der Waals surface area contributed by atoms with E-state index in [1.165, 1.54) is 12.1 Å². The predicted octanol–water partition coefficient (Wildman–Crippen LogP) is 2.68. The summed E-state index contributed by atoms with van der Waals surface area (Å²) in [5.74, 6) is 6.22. The predicted molar refractivity (Wildman–Crippen MR) is 83.2 cm³/mol. The fourth-order valence-electron chi connectivity index (χ4n) is 3.05. The molecule has 0 aliphatic carbocycles. The van der Waals surface area contributed by atoms with E-state index in [4.69, 9.17) is 5.84 Å². The largest absolute Gasteiger partial charge is 0.351 e. The first-order valence-corrected chi connectivity index (χ1v) is 7.42. The summed E-state index contributed by atoms with van der Waals surface area (Å²) in [5, 5.41) is 11.2. The lowest BCUT2D eigenvalue weighted by Crippen LogP contribution is -2.40. The van der Waals surface area contributed by atoms with Crippen molar-refractivity contribution in [2.45, 2.75) is 39.5 Å². The third kappa shape index (κ3) is 3.07. The molecule has 0 radical (unpaired) electrons. The van der Waals surface area contributed by atoms with Gasteiger partial charge in [0.2, 0.25) is 5.82 Å². The molecule has 0 spiro atoms. The van der Waals surface area contributed by atoms with Crippen molar-refractivity contribution < 1.29 is 4.92 Å². The van der Waals surface area contributed by atoms with E-state index < -0.39 is 0 Å². The minimum Gasteiger partial charge on any atom is -0.351 e. The zero-order valence-corrected chi connectivity index (χ0v) is 12.6. The van der Waals surface area contributed by atoms with Gasteiger partial charge in [-0.1, -0.05) is 26.7 Å². The molecule has 0 unspecified atom stereocenters. The number of rotatable bonds is 5. The summed E-state index contributed by atoms with van der Waals surface area (Å²) in [4.78, 5) is 17.1. The molecule has 7 nitrogen and oxygen atoms in total. The third-order valence-corrected chi connectivity index (χ3v) is 4.82. The van der Waals surface area contributed by atoms with Gasteiger partial charge in [0.05, 0.1) is 4.92 Å². The Bertz CT molecular complexity index is 506. The second kappa shape index (κ2) is 6.26. The van der Waals surface area contributed by atoms with Gasteiger partial charge in [-0.3, -0.25) is 10.1 Å². The van der Waals surface area contributed by atoms with Gasteiger partial charge in [-0.05, 0) is 24.3 Å². The first kappa shape index (κ1) is 15.5. The average Bonchev–Trinajstić information content (AvgIpc) is 2.54. The molecule has 116 valence electrons. The number of piperidine rings is 1. The highest BCUT2D eigenvalue weighted by atomic mass is 16.6. The molecule has 21 heavy (non-hydrogen) atoms. The Balaban J connectivity index is 2.24. The molecule has 2 heterocycles. The van der Waals surface area contributed by atoms with E-state index in [1.807, 2.05) is 4.90 Å². The van der Waals surface area contributed by atoms with Crippen LogP contribution in [0.3, 0.4) is 0 Å². The molecule has 1 aromatic rings. The monoisotopic (exact) mass is 293 g/mol. The number of nitrogens with one attached hydrogen (secondary N) is 1. The molecule has 0 saturated carbocycles. The quantitative estimate of drug-likeness (QED) is 0.492. The zero-order chi connectivity index (χ0) is 15.5. The van der Waals surface area contributed by atoms with Gasteiger partial charge in [0, 0.05) is 19.2 Å². The zero-order valence-electron chi connectivity index (χ0n) is 12.6. The maximum Gasteiger partial charge on any atom is 0.311 e.